The molecule has 1 rings (SSSR count). The Labute approximate surface area is 179 Å². The minimum Gasteiger partial charge on any atom is -0.508 e. The van der Waals surface area contributed by atoms with Gasteiger partial charge in [0.05, 0.1) is 6.04 Å². The lowest BCUT2D eigenvalue weighted by Crippen LogP contribution is -2.55. The van der Waals surface area contributed by atoms with E-state index in [2.05, 4.69) is 10.6 Å². The third kappa shape index (κ3) is 9.42. The first-order chi connectivity index (χ1) is 13.8. The Morgan fingerprint density at radius 1 is 0.966 bits per heavy atom. The number of phenolic OH excluding ortho intramolecular Hbond substituents is 1. The molecule has 1 aromatic carbocycles. The number of thioether (sulfide) groups is 2. The molecule has 3 unspecified atom stereocenters. The summed E-state index contributed by atoms with van der Waals surface area (Å²) in [6.45, 7) is 0. The molecule has 3 atom stereocenters. The number of carbonyl (C=O) groups excluding carboxylic acids is 2. The highest BCUT2D eigenvalue weighted by Crippen LogP contribution is 2.11. The quantitative estimate of drug-likeness (QED) is 0.302. The van der Waals surface area contributed by atoms with Crippen LogP contribution in [0.4, 0.5) is 0 Å². The van der Waals surface area contributed by atoms with Crippen LogP contribution in [0.5, 0.6) is 5.75 Å². The van der Waals surface area contributed by atoms with Crippen molar-refractivity contribution in [2.75, 3.05) is 24.0 Å². The second-order valence-corrected chi connectivity index (χ2v) is 8.47. The minimum absolute atomic E-state index is 0.120. The van der Waals surface area contributed by atoms with Gasteiger partial charge in [-0.15, -0.1) is 0 Å². The van der Waals surface area contributed by atoms with E-state index in [1.807, 2.05) is 12.5 Å². The molecule has 0 saturated carbocycles. The van der Waals surface area contributed by atoms with Crippen molar-refractivity contribution >= 4 is 41.3 Å². The molecule has 6 N–H and O–H groups in total. The zero-order valence-corrected chi connectivity index (χ0v) is 18.2. The molecule has 0 bridgehead atoms. The number of carbonyl (C=O) groups is 3. The van der Waals surface area contributed by atoms with Gasteiger partial charge in [-0.1, -0.05) is 12.1 Å². The highest BCUT2D eigenvalue weighted by Gasteiger charge is 2.27. The van der Waals surface area contributed by atoms with Gasteiger partial charge in [-0.2, -0.15) is 23.5 Å². The fourth-order valence-electron chi connectivity index (χ4n) is 2.53. The maximum Gasteiger partial charge on any atom is 0.326 e. The van der Waals surface area contributed by atoms with Gasteiger partial charge in [-0.3, -0.25) is 9.59 Å². The Balaban J connectivity index is 2.74. The lowest BCUT2D eigenvalue weighted by Gasteiger charge is -2.22. The van der Waals surface area contributed by atoms with Crippen LogP contribution in [-0.4, -0.2) is 70.1 Å². The maximum atomic E-state index is 12.6. The Kier molecular flexibility index (Phi) is 11.6. The molecule has 0 aliphatic heterocycles. The molecule has 0 spiro atoms. The van der Waals surface area contributed by atoms with Gasteiger partial charge in [-0.05, 0) is 61.0 Å². The van der Waals surface area contributed by atoms with Crippen LogP contribution < -0.4 is 16.4 Å². The van der Waals surface area contributed by atoms with Gasteiger partial charge in [0.15, 0.2) is 0 Å². The van der Waals surface area contributed by atoms with Crippen molar-refractivity contribution in [2.24, 2.45) is 5.73 Å². The molecule has 0 saturated heterocycles. The number of aliphatic carboxylic acids is 1. The van der Waals surface area contributed by atoms with Gasteiger partial charge in [-0.25, -0.2) is 4.79 Å². The van der Waals surface area contributed by atoms with E-state index in [-0.39, 0.29) is 12.2 Å². The molecule has 8 nitrogen and oxygen atoms in total. The molecule has 0 radical (unpaired) electrons. The molecule has 162 valence electrons. The van der Waals surface area contributed by atoms with Crippen molar-refractivity contribution in [1.82, 2.24) is 10.6 Å². The highest BCUT2D eigenvalue weighted by molar-refractivity contribution is 7.98. The lowest BCUT2D eigenvalue weighted by atomic mass is 10.0. The number of carboxylic acids is 1. The van der Waals surface area contributed by atoms with Crippen LogP contribution >= 0.6 is 23.5 Å². The molecule has 0 fully saturated rings. The largest absolute Gasteiger partial charge is 0.508 e. The summed E-state index contributed by atoms with van der Waals surface area (Å²) in [5, 5.41) is 23.8. The van der Waals surface area contributed by atoms with Crippen molar-refractivity contribution in [3.63, 3.8) is 0 Å². The minimum atomic E-state index is -1.11. The lowest BCUT2D eigenvalue weighted by molar-refractivity contribution is -0.142. The monoisotopic (exact) mass is 443 g/mol. The number of nitrogens with two attached hydrogens (primary N) is 1. The summed E-state index contributed by atoms with van der Waals surface area (Å²) in [6, 6.07) is 3.61. The van der Waals surface area contributed by atoms with Crippen LogP contribution in [0.2, 0.25) is 0 Å². The number of rotatable bonds is 13. The number of amides is 2. The van der Waals surface area contributed by atoms with Crippen LogP contribution in [0, 0.1) is 0 Å². The topological polar surface area (TPSA) is 142 Å². The van der Waals surface area contributed by atoms with Crippen molar-refractivity contribution < 1.29 is 24.6 Å². The SMILES string of the molecule is CSCCC(NC(=O)C(CCSC)NC(=O)C(N)Cc1ccc(O)cc1)C(=O)O. The van der Waals surface area contributed by atoms with E-state index in [0.717, 1.165) is 5.56 Å². The van der Waals surface area contributed by atoms with Gasteiger partial charge in [0.2, 0.25) is 11.8 Å². The van der Waals surface area contributed by atoms with Crippen LogP contribution in [0.1, 0.15) is 18.4 Å². The number of aromatic hydroxyl groups is 1. The Morgan fingerprint density at radius 3 is 2.00 bits per heavy atom. The molecule has 0 aromatic heterocycles. The third-order valence-electron chi connectivity index (χ3n) is 4.20. The van der Waals surface area contributed by atoms with Gasteiger partial charge in [0.25, 0.3) is 0 Å². The number of hydrogen-bond donors (Lipinski definition) is 5. The van der Waals surface area contributed by atoms with Crippen LogP contribution in [0.25, 0.3) is 0 Å². The predicted molar refractivity (Wildman–Crippen MR) is 117 cm³/mol. The molecular formula is C19H29N3O5S2. The second-order valence-electron chi connectivity index (χ2n) is 6.50. The first-order valence-corrected chi connectivity index (χ1v) is 11.9. The number of phenols is 1. The van der Waals surface area contributed by atoms with Gasteiger partial charge < -0.3 is 26.6 Å². The summed E-state index contributed by atoms with van der Waals surface area (Å²) in [5.74, 6) is -0.792. The van der Waals surface area contributed by atoms with E-state index >= 15 is 0 Å². The van der Waals surface area contributed by atoms with Crippen LogP contribution in [0.15, 0.2) is 24.3 Å². The predicted octanol–water partition coefficient (Wildman–Crippen LogP) is 0.822. The summed E-state index contributed by atoms with van der Waals surface area (Å²) < 4.78 is 0. The molecule has 2 amide bonds. The van der Waals surface area contributed by atoms with Gasteiger partial charge in [0, 0.05) is 0 Å². The fraction of sp³-hybridized carbons (Fsp3) is 0.526. The summed E-state index contributed by atoms with van der Waals surface area (Å²) in [4.78, 5) is 36.5. The van der Waals surface area contributed by atoms with Crippen molar-refractivity contribution in [3.8, 4) is 5.75 Å². The molecule has 0 aliphatic carbocycles. The molecule has 0 aliphatic rings. The molecule has 0 heterocycles. The van der Waals surface area contributed by atoms with Crippen molar-refractivity contribution in [3.05, 3.63) is 29.8 Å². The van der Waals surface area contributed by atoms with Crippen LogP contribution in [0.3, 0.4) is 0 Å². The zero-order chi connectivity index (χ0) is 21.8. The standard InChI is InChI=1S/C19H29N3O5S2/c1-28-9-7-15(18(25)22-16(19(26)27)8-10-29-2)21-17(24)14(20)11-12-3-5-13(23)6-4-12/h3-6,14-16,23H,7-11,20H2,1-2H3,(H,21,24)(H,22,25)(H,26,27). The summed E-state index contributed by atoms with van der Waals surface area (Å²) in [6.07, 6.45) is 4.64. The normalized spacial score (nSPS) is 13.9. The number of benzene rings is 1. The second kappa shape index (κ2) is 13.3. The van der Waals surface area contributed by atoms with E-state index < -0.39 is 35.9 Å². The Morgan fingerprint density at radius 2 is 1.48 bits per heavy atom. The Bertz CT molecular complexity index is 672. The van der Waals surface area contributed by atoms with E-state index in [4.69, 9.17) is 5.73 Å². The zero-order valence-electron chi connectivity index (χ0n) is 16.6. The molecule has 10 heteroatoms. The number of carboxylic acid groups (broad SMARTS) is 1. The summed E-state index contributed by atoms with van der Waals surface area (Å²) in [7, 11) is 0. The van der Waals surface area contributed by atoms with Crippen molar-refractivity contribution in [2.45, 2.75) is 37.4 Å². The Hall–Kier alpha value is -1.91. The highest BCUT2D eigenvalue weighted by atomic mass is 32.2. The van der Waals surface area contributed by atoms with E-state index in [0.29, 0.717) is 24.3 Å². The van der Waals surface area contributed by atoms with Crippen molar-refractivity contribution in [1.29, 1.82) is 0 Å². The van der Waals surface area contributed by atoms with Crippen LogP contribution in [-0.2, 0) is 20.8 Å². The van der Waals surface area contributed by atoms with E-state index in [1.165, 1.54) is 35.7 Å². The average molecular weight is 444 g/mol. The number of nitrogens with one attached hydrogen (secondary N) is 2. The summed E-state index contributed by atoms with van der Waals surface area (Å²) in [5.41, 5.74) is 6.75. The number of hydrogen-bond acceptors (Lipinski definition) is 7. The van der Waals surface area contributed by atoms with Gasteiger partial charge in [0.1, 0.15) is 17.8 Å². The van der Waals surface area contributed by atoms with Gasteiger partial charge >= 0.3 is 5.97 Å². The smallest absolute Gasteiger partial charge is 0.326 e. The first kappa shape index (κ1) is 25.1. The third-order valence-corrected chi connectivity index (χ3v) is 5.49. The van der Waals surface area contributed by atoms with E-state index in [9.17, 15) is 24.6 Å². The molecule has 1 aromatic rings. The fourth-order valence-corrected chi connectivity index (χ4v) is 3.47. The molecular weight excluding hydrogens is 414 g/mol. The average Bonchev–Trinajstić information content (AvgIpc) is 2.69. The van der Waals surface area contributed by atoms with E-state index in [1.54, 1.807) is 12.1 Å². The first-order valence-electron chi connectivity index (χ1n) is 9.13. The summed E-state index contributed by atoms with van der Waals surface area (Å²) >= 11 is 3.01. The maximum absolute atomic E-state index is 12.6. The molecule has 29 heavy (non-hydrogen) atoms.